The summed E-state index contributed by atoms with van der Waals surface area (Å²) < 4.78 is 30.4. The van der Waals surface area contributed by atoms with Crippen molar-refractivity contribution in [3.05, 3.63) is 58.6 Å². The van der Waals surface area contributed by atoms with Crippen LogP contribution in [0.15, 0.2) is 57.9 Å². The number of para-hydroxylation sites is 1. The molecule has 6 nitrogen and oxygen atoms in total. The maximum absolute atomic E-state index is 12.1. The van der Waals surface area contributed by atoms with Crippen molar-refractivity contribution in [2.75, 3.05) is 6.61 Å². The second-order valence-electron chi connectivity index (χ2n) is 5.59. The van der Waals surface area contributed by atoms with Crippen LogP contribution in [0, 0.1) is 0 Å². The molecule has 0 atom stereocenters. The third-order valence-electron chi connectivity index (χ3n) is 3.35. The van der Waals surface area contributed by atoms with Gasteiger partial charge in [0.05, 0.1) is 4.90 Å². The zero-order valence-corrected chi connectivity index (χ0v) is 16.2. The molecule has 0 aliphatic carbocycles. The highest BCUT2D eigenvalue weighted by atomic mass is 79.9. The fraction of sp³-hybridized carbons (Fsp3) is 0.235. The first-order chi connectivity index (χ1) is 11.8. The zero-order valence-electron chi connectivity index (χ0n) is 13.8. The van der Waals surface area contributed by atoms with E-state index in [-0.39, 0.29) is 17.4 Å². The summed E-state index contributed by atoms with van der Waals surface area (Å²) in [4.78, 5) is 13.9. The lowest BCUT2D eigenvalue weighted by atomic mass is 10.0. The number of amides is 1. The Balaban J connectivity index is 1.92. The molecule has 0 fully saturated rings. The molecule has 0 spiro atoms. The Morgan fingerprint density at radius 3 is 2.40 bits per heavy atom. The fourth-order valence-corrected chi connectivity index (χ4v) is 3.19. The van der Waals surface area contributed by atoms with E-state index in [9.17, 15) is 13.2 Å². The molecule has 2 rings (SSSR count). The van der Waals surface area contributed by atoms with Crippen LogP contribution in [-0.4, -0.2) is 20.9 Å². The first-order valence-corrected chi connectivity index (χ1v) is 9.85. The number of halogens is 1. The predicted molar refractivity (Wildman–Crippen MR) is 98.6 cm³/mol. The van der Waals surface area contributed by atoms with Gasteiger partial charge in [-0.1, -0.05) is 48.0 Å². The minimum absolute atomic E-state index is 0.0436. The van der Waals surface area contributed by atoms with E-state index in [4.69, 9.17) is 4.74 Å². The highest BCUT2D eigenvalue weighted by Crippen LogP contribution is 2.25. The molecule has 0 aliphatic heterocycles. The third kappa shape index (κ3) is 5.55. The normalized spacial score (nSPS) is 11.4. The van der Waals surface area contributed by atoms with Gasteiger partial charge >= 0.3 is 0 Å². The summed E-state index contributed by atoms with van der Waals surface area (Å²) in [5.74, 6) is 0.248. The maximum Gasteiger partial charge on any atom is 0.272 e. The SMILES string of the molecule is CC(C)c1ccccc1OCC(=O)NNS(=O)(=O)c1ccc(Br)cc1. The van der Waals surface area contributed by atoms with E-state index in [0.29, 0.717) is 5.75 Å². The van der Waals surface area contributed by atoms with Gasteiger partial charge in [0.1, 0.15) is 5.75 Å². The molecule has 0 saturated heterocycles. The lowest BCUT2D eigenvalue weighted by molar-refractivity contribution is -0.123. The largest absolute Gasteiger partial charge is 0.483 e. The van der Waals surface area contributed by atoms with Gasteiger partial charge in [-0.2, -0.15) is 0 Å². The molecule has 2 aromatic carbocycles. The highest BCUT2D eigenvalue weighted by Gasteiger charge is 2.15. The molecule has 0 unspecified atom stereocenters. The van der Waals surface area contributed by atoms with Crippen molar-refractivity contribution in [3.63, 3.8) is 0 Å². The molecule has 8 heteroatoms. The Morgan fingerprint density at radius 2 is 1.76 bits per heavy atom. The summed E-state index contributed by atoms with van der Waals surface area (Å²) in [6.45, 7) is 3.75. The number of carbonyl (C=O) groups excluding carboxylic acids is 1. The van der Waals surface area contributed by atoms with Crippen LogP contribution in [0.1, 0.15) is 25.3 Å². The molecule has 0 radical (unpaired) electrons. The van der Waals surface area contributed by atoms with E-state index in [1.165, 1.54) is 12.1 Å². The Labute approximate surface area is 155 Å². The predicted octanol–water partition coefficient (Wildman–Crippen LogP) is 2.96. The first-order valence-electron chi connectivity index (χ1n) is 7.57. The number of hydrazine groups is 1. The van der Waals surface area contributed by atoms with Crippen LogP contribution in [0.5, 0.6) is 5.75 Å². The molecule has 0 bridgehead atoms. The van der Waals surface area contributed by atoms with Crippen LogP contribution in [0.4, 0.5) is 0 Å². The molecule has 25 heavy (non-hydrogen) atoms. The number of nitrogens with one attached hydrogen (secondary N) is 2. The second kappa shape index (κ2) is 8.46. The maximum atomic E-state index is 12.1. The van der Waals surface area contributed by atoms with Crippen LogP contribution in [-0.2, 0) is 14.8 Å². The van der Waals surface area contributed by atoms with Gasteiger partial charge in [0.2, 0.25) is 0 Å². The van der Waals surface area contributed by atoms with Crippen molar-refractivity contribution in [1.29, 1.82) is 0 Å². The van der Waals surface area contributed by atoms with Crippen LogP contribution < -0.4 is 15.0 Å². The van der Waals surface area contributed by atoms with Crippen molar-refractivity contribution < 1.29 is 17.9 Å². The van der Waals surface area contributed by atoms with Gasteiger partial charge in [-0.3, -0.25) is 10.2 Å². The van der Waals surface area contributed by atoms with Crippen molar-refractivity contribution in [2.24, 2.45) is 0 Å². The van der Waals surface area contributed by atoms with E-state index in [1.807, 2.05) is 36.9 Å². The number of hydrogen-bond acceptors (Lipinski definition) is 4. The van der Waals surface area contributed by atoms with Crippen molar-refractivity contribution in [1.82, 2.24) is 10.3 Å². The molecule has 0 aromatic heterocycles. The van der Waals surface area contributed by atoms with Crippen LogP contribution in [0.2, 0.25) is 0 Å². The first kappa shape index (κ1) is 19.4. The summed E-state index contributed by atoms with van der Waals surface area (Å²) in [6, 6.07) is 13.5. The summed E-state index contributed by atoms with van der Waals surface area (Å²) >= 11 is 3.23. The van der Waals surface area contributed by atoms with Crippen LogP contribution in [0.3, 0.4) is 0 Å². The lowest BCUT2D eigenvalue weighted by Gasteiger charge is -2.14. The molecule has 0 heterocycles. The number of hydrogen-bond donors (Lipinski definition) is 2. The molecule has 0 saturated carbocycles. The van der Waals surface area contributed by atoms with E-state index >= 15 is 0 Å². The summed E-state index contributed by atoms with van der Waals surface area (Å²) in [5, 5.41) is 0. The summed E-state index contributed by atoms with van der Waals surface area (Å²) in [6.07, 6.45) is 0. The molecular weight excluding hydrogens is 408 g/mol. The van der Waals surface area contributed by atoms with Crippen molar-refractivity contribution in [3.8, 4) is 5.75 Å². The standard InChI is InChI=1S/C17H19BrN2O4S/c1-12(2)15-5-3-4-6-16(15)24-11-17(21)19-20-25(22,23)14-9-7-13(18)8-10-14/h3-10,12,20H,11H2,1-2H3,(H,19,21). The number of benzene rings is 2. The fourth-order valence-electron chi connectivity index (χ4n) is 2.07. The topological polar surface area (TPSA) is 84.5 Å². The minimum atomic E-state index is -3.83. The molecule has 2 aromatic rings. The van der Waals surface area contributed by atoms with Gasteiger partial charge in [-0.25, -0.2) is 8.42 Å². The van der Waals surface area contributed by atoms with Gasteiger partial charge in [0, 0.05) is 4.47 Å². The number of rotatable bonds is 7. The highest BCUT2D eigenvalue weighted by molar-refractivity contribution is 9.10. The van der Waals surface area contributed by atoms with Gasteiger partial charge in [-0.15, -0.1) is 4.83 Å². The van der Waals surface area contributed by atoms with Crippen molar-refractivity contribution in [2.45, 2.75) is 24.7 Å². The van der Waals surface area contributed by atoms with E-state index in [0.717, 1.165) is 10.0 Å². The van der Waals surface area contributed by atoms with Gasteiger partial charge in [0.25, 0.3) is 15.9 Å². The Bertz CT molecular complexity index is 836. The van der Waals surface area contributed by atoms with Gasteiger partial charge in [-0.05, 0) is 41.8 Å². The van der Waals surface area contributed by atoms with E-state index in [2.05, 4.69) is 21.4 Å². The summed E-state index contributed by atoms with van der Waals surface area (Å²) in [7, 11) is -3.83. The molecule has 0 aliphatic rings. The minimum Gasteiger partial charge on any atom is -0.483 e. The van der Waals surface area contributed by atoms with E-state index < -0.39 is 15.9 Å². The Hall–Kier alpha value is -1.90. The molecule has 134 valence electrons. The lowest BCUT2D eigenvalue weighted by Crippen LogP contribution is -2.43. The number of carbonyl (C=O) groups is 1. The summed E-state index contributed by atoms with van der Waals surface area (Å²) in [5.41, 5.74) is 3.12. The number of sulfonamides is 1. The van der Waals surface area contributed by atoms with Crippen LogP contribution in [0.25, 0.3) is 0 Å². The zero-order chi connectivity index (χ0) is 18.4. The average Bonchev–Trinajstić information content (AvgIpc) is 2.59. The Morgan fingerprint density at radius 1 is 1.12 bits per heavy atom. The molecule has 1 amide bonds. The Kier molecular flexibility index (Phi) is 6.57. The van der Waals surface area contributed by atoms with Gasteiger partial charge < -0.3 is 4.74 Å². The van der Waals surface area contributed by atoms with Gasteiger partial charge in [0.15, 0.2) is 6.61 Å². The third-order valence-corrected chi connectivity index (χ3v) is 5.14. The molecule has 2 N–H and O–H groups in total. The quantitative estimate of drug-likeness (QED) is 0.666. The van der Waals surface area contributed by atoms with Crippen molar-refractivity contribution >= 4 is 31.9 Å². The number of ether oxygens (including phenoxy) is 1. The van der Waals surface area contributed by atoms with E-state index in [1.54, 1.807) is 18.2 Å². The second-order valence-corrected chi connectivity index (χ2v) is 8.19. The average molecular weight is 427 g/mol. The monoisotopic (exact) mass is 426 g/mol. The molecular formula is C17H19BrN2O4S. The smallest absolute Gasteiger partial charge is 0.272 e. The van der Waals surface area contributed by atoms with Crippen LogP contribution >= 0.6 is 15.9 Å².